The SMILES string of the molecule is COc1cc(F)c([N+](=O)[O-])cc1Nc1nccc(-c2cn(C)c3ncccc23)n1. The van der Waals surface area contributed by atoms with E-state index in [0.29, 0.717) is 5.69 Å². The van der Waals surface area contributed by atoms with Crippen molar-refractivity contribution in [3.8, 4) is 17.0 Å². The third-order valence-electron chi connectivity index (χ3n) is 4.38. The fraction of sp³-hybridized carbons (Fsp3) is 0.105. The van der Waals surface area contributed by atoms with Gasteiger partial charge >= 0.3 is 5.69 Å². The summed E-state index contributed by atoms with van der Waals surface area (Å²) in [7, 11) is 3.23. The van der Waals surface area contributed by atoms with Crippen molar-refractivity contribution in [2.75, 3.05) is 12.4 Å². The Morgan fingerprint density at radius 2 is 2.07 bits per heavy atom. The van der Waals surface area contributed by atoms with Gasteiger partial charge in [0.15, 0.2) is 0 Å². The topological polar surface area (TPSA) is 108 Å². The Labute approximate surface area is 164 Å². The van der Waals surface area contributed by atoms with Crippen molar-refractivity contribution in [1.29, 1.82) is 0 Å². The first-order valence-corrected chi connectivity index (χ1v) is 8.50. The Morgan fingerprint density at radius 3 is 2.83 bits per heavy atom. The second kappa shape index (κ2) is 7.15. The van der Waals surface area contributed by atoms with Gasteiger partial charge in [-0.1, -0.05) is 0 Å². The van der Waals surface area contributed by atoms with Crippen LogP contribution in [0.4, 0.5) is 21.7 Å². The zero-order chi connectivity index (χ0) is 20.5. The van der Waals surface area contributed by atoms with E-state index >= 15 is 0 Å². The van der Waals surface area contributed by atoms with Gasteiger partial charge in [-0.25, -0.2) is 15.0 Å². The van der Waals surface area contributed by atoms with Crippen molar-refractivity contribution in [2.45, 2.75) is 0 Å². The molecule has 3 aromatic heterocycles. The number of aryl methyl sites for hydroxylation is 1. The molecule has 29 heavy (non-hydrogen) atoms. The van der Waals surface area contributed by atoms with Gasteiger partial charge in [-0.05, 0) is 18.2 Å². The molecule has 3 heterocycles. The minimum Gasteiger partial charge on any atom is -0.494 e. The average Bonchev–Trinajstić information content (AvgIpc) is 3.06. The van der Waals surface area contributed by atoms with Crippen molar-refractivity contribution >= 4 is 28.4 Å². The summed E-state index contributed by atoms with van der Waals surface area (Å²) in [6.45, 7) is 0. The number of benzene rings is 1. The fourth-order valence-electron chi connectivity index (χ4n) is 3.06. The van der Waals surface area contributed by atoms with Crippen LogP contribution >= 0.6 is 0 Å². The first kappa shape index (κ1) is 18.3. The van der Waals surface area contributed by atoms with E-state index in [2.05, 4.69) is 20.3 Å². The first-order valence-electron chi connectivity index (χ1n) is 8.50. The van der Waals surface area contributed by atoms with Crippen LogP contribution in [0.2, 0.25) is 0 Å². The Hall–Kier alpha value is -4.08. The number of rotatable bonds is 5. The second-order valence-electron chi connectivity index (χ2n) is 6.18. The molecule has 10 heteroatoms. The molecule has 0 saturated heterocycles. The van der Waals surface area contributed by atoms with E-state index in [1.807, 2.05) is 29.9 Å². The molecule has 1 aromatic carbocycles. The molecule has 0 amide bonds. The molecule has 9 nitrogen and oxygen atoms in total. The maximum atomic E-state index is 13.9. The third-order valence-corrected chi connectivity index (χ3v) is 4.38. The lowest BCUT2D eigenvalue weighted by molar-refractivity contribution is -0.387. The Balaban J connectivity index is 1.75. The highest BCUT2D eigenvalue weighted by atomic mass is 19.1. The van der Waals surface area contributed by atoms with Gasteiger partial charge in [-0.2, -0.15) is 4.39 Å². The largest absolute Gasteiger partial charge is 0.494 e. The van der Waals surface area contributed by atoms with Crippen molar-refractivity contribution in [1.82, 2.24) is 19.5 Å². The molecule has 0 fully saturated rings. The molecule has 0 unspecified atom stereocenters. The quantitative estimate of drug-likeness (QED) is 0.405. The predicted molar refractivity (Wildman–Crippen MR) is 105 cm³/mol. The third kappa shape index (κ3) is 3.31. The second-order valence-corrected chi connectivity index (χ2v) is 6.18. The van der Waals surface area contributed by atoms with E-state index in [9.17, 15) is 14.5 Å². The number of hydrogen-bond donors (Lipinski definition) is 1. The number of nitrogens with one attached hydrogen (secondary N) is 1. The molecule has 0 aliphatic rings. The number of methoxy groups -OCH3 is 1. The molecule has 0 atom stereocenters. The summed E-state index contributed by atoms with van der Waals surface area (Å²) in [6, 6.07) is 7.53. The number of pyridine rings is 1. The molecule has 0 spiro atoms. The number of anilines is 2. The molecule has 1 N–H and O–H groups in total. The zero-order valence-corrected chi connectivity index (χ0v) is 15.5. The number of fused-ring (bicyclic) bond motifs is 1. The van der Waals surface area contributed by atoms with E-state index in [-0.39, 0.29) is 17.4 Å². The summed E-state index contributed by atoms with van der Waals surface area (Å²) in [4.78, 5) is 23.3. The van der Waals surface area contributed by atoms with Crippen LogP contribution in [0.25, 0.3) is 22.3 Å². The van der Waals surface area contributed by atoms with Gasteiger partial charge in [0.25, 0.3) is 0 Å². The smallest absolute Gasteiger partial charge is 0.307 e. The highest BCUT2D eigenvalue weighted by Crippen LogP contribution is 2.34. The minimum absolute atomic E-state index is 0.0939. The minimum atomic E-state index is -0.990. The fourth-order valence-corrected chi connectivity index (χ4v) is 3.06. The molecule has 0 aliphatic heterocycles. The average molecular weight is 394 g/mol. The van der Waals surface area contributed by atoms with Crippen LogP contribution in [0, 0.1) is 15.9 Å². The van der Waals surface area contributed by atoms with Gasteiger partial charge in [0.05, 0.1) is 23.4 Å². The van der Waals surface area contributed by atoms with Gasteiger partial charge in [0, 0.05) is 48.7 Å². The molecular weight excluding hydrogens is 379 g/mol. The van der Waals surface area contributed by atoms with Crippen LogP contribution in [0.3, 0.4) is 0 Å². The van der Waals surface area contributed by atoms with Crippen molar-refractivity contribution < 1.29 is 14.1 Å². The van der Waals surface area contributed by atoms with Gasteiger partial charge < -0.3 is 14.6 Å². The molecule has 4 rings (SSSR count). The molecule has 0 aliphatic carbocycles. The molecular formula is C19H15FN6O3. The summed E-state index contributed by atoms with van der Waals surface area (Å²) < 4.78 is 20.9. The maximum absolute atomic E-state index is 13.9. The highest BCUT2D eigenvalue weighted by Gasteiger charge is 2.20. The molecule has 0 bridgehead atoms. The summed E-state index contributed by atoms with van der Waals surface area (Å²) in [5.74, 6) is -0.714. The summed E-state index contributed by atoms with van der Waals surface area (Å²) in [5, 5.41) is 14.8. The zero-order valence-electron chi connectivity index (χ0n) is 15.5. The first-order chi connectivity index (χ1) is 14.0. The van der Waals surface area contributed by atoms with Crippen molar-refractivity contribution in [3.05, 3.63) is 64.9 Å². The van der Waals surface area contributed by atoms with E-state index in [4.69, 9.17) is 4.74 Å². The summed E-state index contributed by atoms with van der Waals surface area (Å²) in [5.41, 5.74) is 1.81. The van der Waals surface area contributed by atoms with Crippen LogP contribution in [-0.2, 0) is 7.05 Å². The van der Waals surface area contributed by atoms with Crippen LogP contribution in [0.5, 0.6) is 5.75 Å². The lowest BCUT2D eigenvalue weighted by Gasteiger charge is -2.11. The number of hydrogen-bond acceptors (Lipinski definition) is 7. The van der Waals surface area contributed by atoms with Gasteiger partial charge in [0.2, 0.25) is 11.8 Å². The van der Waals surface area contributed by atoms with Crippen LogP contribution < -0.4 is 10.1 Å². The van der Waals surface area contributed by atoms with Crippen LogP contribution in [-0.4, -0.2) is 31.6 Å². The Kier molecular flexibility index (Phi) is 4.51. The van der Waals surface area contributed by atoms with Gasteiger partial charge in [-0.3, -0.25) is 10.1 Å². The van der Waals surface area contributed by atoms with Gasteiger partial charge in [0.1, 0.15) is 11.4 Å². The highest BCUT2D eigenvalue weighted by molar-refractivity contribution is 5.93. The number of nitro groups is 1. The lowest BCUT2D eigenvalue weighted by Crippen LogP contribution is -2.02. The maximum Gasteiger partial charge on any atom is 0.307 e. The Morgan fingerprint density at radius 1 is 1.24 bits per heavy atom. The molecule has 4 aromatic rings. The predicted octanol–water partition coefficient (Wildman–Crippen LogP) is 3.83. The van der Waals surface area contributed by atoms with Crippen LogP contribution in [0.15, 0.2) is 48.9 Å². The number of nitro benzene ring substituents is 1. The van der Waals surface area contributed by atoms with E-state index < -0.39 is 16.4 Å². The Bertz CT molecular complexity index is 1240. The van der Waals surface area contributed by atoms with Crippen LogP contribution in [0.1, 0.15) is 0 Å². The monoisotopic (exact) mass is 394 g/mol. The van der Waals surface area contributed by atoms with Crippen molar-refractivity contribution in [3.63, 3.8) is 0 Å². The van der Waals surface area contributed by atoms with Gasteiger partial charge in [-0.15, -0.1) is 0 Å². The summed E-state index contributed by atoms with van der Waals surface area (Å²) >= 11 is 0. The van der Waals surface area contributed by atoms with E-state index in [1.165, 1.54) is 7.11 Å². The number of aromatic nitrogens is 4. The van der Waals surface area contributed by atoms with Crippen molar-refractivity contribution in [2.24, 2.45) is 7.05 Å². The standard InChI is InChI=1S/C19H15FN6O3/c1-25-10-12(11-4-3-6-21-18(11)25)14-5-7-22-19(23-14)24-15-9-16(26(27)28)13(20)8-17(15)29-2/h3-10H,1-2H3,(H,22,23,24). The van der Waals surface area contributed by atoms with E-state index in [1.54, 1.807) is 18.5 Å². The lowest BCUT2D eigenvalue weighted by atomic mass is 10.1. The molecule has 146 valence electrons. The normalized spacial score (nSPS) is 10.9. The molecule has 0 saturated carbocycles. The summed E-state index contributed by atoms with van der Waals surface area (Å²) in [6.07, 6.45) is 5.18. The number of halogens is 1. The number of nitrogens with zero attached hydrogens (tertiary/aromatic N) is 5. The van der Waals surface area contributed by atoms with E-state index in [0.717, 1.165) is 28.7 Å². The molecule has 0 radical (unpaired) electrons. The number of ether oxygens (including phenoxy) is 1.